The van der Waals surface area contributed by atoms with Crippen LogP contribution in [0.2, 0.25) is 0 Å². The van der Waals surface area contributed by atoms with Gasteiger partial charge in [-0.3, -0.25) is 4.79 Å². The maximum atomic E-state index is 11.0. The summed E-state index contributed by atoms with van der Waals surface area (Å²) in [6.45, 7) is 0.140. The lowest BCUT2D eigenvalue weighted by Gasteiger charge is -1.99. The maximum Gasteiger partial charge on any atom is 0.384 e. The second-order valence-corrected chi connectivity index (χ2v) is 2.93. The molecule has 16 heavy (non-hydrogen) atoms. The van der Waals surface area contributed by atoms with E-state index in [2.05, 4.69) is 11.8 Å². The lowest BCUT2D eigenvalue weighted by molar-refractivity contribution is -0.138. The molecule has 0 heterocycles. The summed E-state index contributed by atoms with van der Waals surface area (Å²) in [5.41, 5.74) is 0.857. The normalized spacial score (nSPS) is 8.75. The molecule has 0 aromatic heterocycles. The van der Waals surface area contributed by atoms with Gasteiger partial charge >= 0.3 is 11.9 Å². The topological polar surface area (TPSA) is 63.6 Å². The Kier molecular flexibility index (Phi) is 4.61. The van der Waals surface area contributed by atoms with Gasteiger partial charge in [-0.15, -0.1) is 0 Å². The average molecular weight is 218 g/mol. The summed E-state index contributed by atoms with van der Waals surface area (Å²) in [6.07, 6.45) is -0.361. The van der Waals surface area contributed by atoms with E-state index in [9.17, 15) is 9.59 Å². The third-order valence-corrected chi connectivity index (χ3v) is 1.64. The Hall–Kier alpha value is -2.28. The first kappa shape index (κ1) is 11.8. The summed E-state index contributed by atoms with van der Waals surface area (Å²) in [6, 6.07) is 9.16. The Bertz CT molecular complexity index is 425. The molecule has 1 rings (SSSR count). The quantitative estimate of drug-likeness (QED) is 0.470. The van der Waals surface area contributed by atoms with Crippen LogP contribution in [0.5, 0.6) is 0 Å². The number of carbonyl (C=O) groups excluding carboxylic acids is 1. The van der Waals surface area contributed by atoms with Gasteiger partial charge in [0.1, 0.15) is 13.0 Å². The molecule has 0 aliphatic heterocycles. The molecular formula is C12H10O4. The molecule has 4 heteroatoms. The fourth-order valence-electron chi connectivity index (χ4n) is 0.951. The van der Waals surface area contributed by atoms with Crippen LogP contribution in [0.1, 0.15) is 12.0 Å². The van der Waals surface area contributed by atoms with Gasteiger partial charge in [0.05, 0.1) is 0 Å². The van der Waals surface area contributed by atoms with Gasteiger partial charge in [-0.2, -0.15) is 0 Å². The third kappa shape index (κ3) is 4.82. The van der Waals surface area contributed by atoms with Gasteiger partial charge in [0.15, 0.2) is 0 Å². The first-order valence-corrected chi connectivity index (χ1v) is 4.60. The molecule has 1 aromatic rings. The highest BCUT2D eigenvalue weighted by molar-refractivity contribution is 5.89. The lowest BCUT2D eigenvalue weighted by Crippen LogP contribution is -2.01. The van der Waals surface area contributed by atoms with Crippen LogP contribution in [0, 0.1) is 11.8 Å². The van der Waals surface area contributed by atoms with E-state index in [4.69, 9.17) is 9.84 Å². The lowest BCUT2D eigenvalue weighted by atomic mass is 10.2. The first-order valence-electron chi connectivity index (χ1n) is 4.60. The number of carboxylic acid groups (broad SMARTS) is 1. The molecule has 0 amide bonds. The van der Waals surface area contributed by atoms with Crippen molar-refractivity contribution in [3.63, 3.8) is 0 Å². The molecule has 0 aliphatic carbocycles. The van der Waals surface area contributed by atoms with Gasteiger partial charge < -0.3 is 9.84 Å². The molecule has 0 bridgehead atoms. The van der Waals surface area contributed by atoms with E-state index >= 15 is 0 Å². The summed E-state index contributed by atoms with van der Waals surface area (Å²) in [7, 11) is 0. The Labute approximate surface area is 92.9 Å². The van der Waals surface area contributed by atoms with Crippen molar-refractivity contribution in [3.05, 3.63) is 35.9 Å². The number of benzene rings is 1. The molecule has 1 aromatic carbocycles. The van der Waals surface area contributed by atoms with Gasteiger partial charge in [0.2, 0.25) is 0 Å². The van der Waals surface area contributed by atoms with Crippen LogP contribution in [0.4, 0.5) is 0 Å². The SMILES string of the molecule is O=C(O)CC#CC(=O)OCc1ccccc1. The van der Waals surface area contributed by atoms with Gasteiger partial charge in [-0.1, -0.05) is 36.3 Å². The maximum absolute atomic E-state index is 11.0. The fourth-order valence-corrected chi connectivity index (χ4v) is 0.951. The van der Waals surface area contributed by atoms with Gasteiger partial charge in [-0.25, -0.2) is 4.79 Å². The van der Waals surface area contributed by atoms with Crippen molar-refractivity contribution in [3.8, 4) is 11.8 Å². The van der Waals surface area contributed by atoms with Crippen LogP contribution in [-0.2, 0) is 20.9 Å². The zero-order chi connectivity index (χ0) is 11.8. The van der Waals surface area contributed by atoms with E-state index in [-0.39, 0.29) is 13.0 Å². The molecule has 0 spiro atoms. The standard InChI is InChI=1S/C12H10O4/c13-11(14)7-4-8-12(15)16-9-10-5-2-1-3-6-10/h1-3,5-6H,7,9H2,(H,13,14). The number of hydrogen-bond donors (Lipinski definition) is 1. The number of aliphatic carboxylic acids is 1. The number of ether oxygens (including phenoxy) is 1. The second-order valence-electron chi connectivity index (χ2n) is 2.93. The van der Waals surface area contributed by atoms with Crippen LogP contribution in [0.3, 0.4) is 0 Å². The summed E-state index contributed by atoms with van der Waals surface area (Å²) in [4.78, 5) is 21.1. The fraction of sp³-hybridized carbons (Fsp3) is 0.167. The highest BCUT2D eigenvalue weighted by Gasteiger charge is 1.98. The molecular weight excluding hydrogens is 208 g/mol. The number of esters is 1. The van der Waals surface area contributed by atoms with E-state index in [1.807, 2.05) is 30.3 Å². The Balaban J connectivity index is 2.35. The van der Waals surface area contributed by atoms with Crippen LogP contribution >= 0.6 is 0 Å². The van der Waals surface area contributed by atoms with E-state index < -0.39 is 11.9 Å². The van der Waals surface area contributed by atoms with Crippen molar-refractivity contribution < 1.29 is 19.4 Å². The van der Waals surface area contributed by atoms with Crippen LogP contribution < -0.4 is 0 Å². The predicted molar refractivity (Wildman–Crippen MR) is 56.3 cm³/mol. The Morgan fingerprint density at radius 2 is 1.94 bits per heavy atom. The van der Waals surface area contributed by atoms with E-state index in [1.54, 1.807) is 0 Å². The van der Waals surface area contributed by atoms with Crippen LogP contribution in [0.15, 0.2) is 30.3 Å². The largest absolute Gasteiger partial charge is 0.481 e. The predicted octanol–water partition coefficient (Wildman–Crippen LogP) is 1.21. The van der Waals surface area contributed by atoms with E-state index in [1.165, 1.54) is 0 Å². The van der Waals surface area contributed by atoms with E-state index in [0.717, 1.165) is 5.56 Å². The van der Waals surface area contributed by atoms with Gasteiger partial charge in [0.25, 0.3) is 0 Å². The van der Waals surface area contributed by atoms with Crippen molar-refractivity contribution in [2.75, 3.05) is 0 Å². The molecule has 0 fully saturated rings. The molecule has 82 valence electrons. The number of carboxylic acids is 1. The Morgan fingerprint density at radius 1 is 1.25 bits per heavy atom. The van der Waals surface area contributed by atoms with Crippen molar-refractivity contribution in [1.82, 2.24) is 0 Å². The zero-order valence-electron chi connectivity index (χ0n) is 8.47. The summed E-state index contributed by atoms with van der Waals surface area (Å²) in [5, 5.41) is 8.28. The average Bonchev–Trinajstić information content (AvgIpc) is 2.27. The first-order chi connectivity index (χ1) is 7.68. The smallest absolute Gasteiger partial charge is 0.384 e. The molecule has 0 unspecified atom stereocenters. The molecule has 1 N–H and O–H groups in total. The second kappa shape index (κ2) is 6.25. The molecule has 0 saturated heterocycles. The van der Waals surface area contributed by atoms with E-state index in [0.29, 0.717) is 0 Å². The molecule has 0 radical (unpaired) electrons. The highest BCUT2D eigenvalue weighted by Crippen LogP contribution is 2.00. The summed E-state index contributed by atoms with van der Waals surface area (Å²) in [5.74, 6) is 2.51. The molecule has 0 saturated carbocycles. The monoisotopic (exact) mass is 218 g/mol. The number of rotatable bonds is 3. The molecule has 0 atom stereocenters. The minimum atomic E-state index is -1.07. The van der Waals surface area contributed by atoms with Crippen molar-refractivity contribution in [1.29, 1.82) is 0 Å². The van der Waals surface area contributed by atoms with Gasteiger partial charge in [-0.05, 0) is 5.56 Å². The van der Waals surface area contributed by atoms with Crippen LogP contribution in [0.25, 0.3) is 0 Å². The molecule has 4 nitrogen and oxygen atoms in total. The van der Waals surface area contributed by atoms with Crippen LogP contribution in [-0.4, -0.2) is 17.0 Å². The third-order valence-electron chi connectivity index (χ3n) is 1.64. The Morgan fingerprint density at radius 3 is 2.56 bits per heavy atom. The summed E-state index contributed by atoms with van der Waals surface area (Å²) < 4.78 is 4.80. The number of carbonyl (C=O) groups is 2. The van der Waals surface area contributed by atoms with Crippen molar-refractivity contribution >= 4 is 11.9 Å². The summed E-state index contributed by atoms with van der Waals surface area (Å²) >= 11 is 0. The molecule has 0 aliphatic rings. The minimum absolute atomic E-state index is 0.140. The van der Waals surface area contributed by atoms with Crippen molar-refractivity contribution in [2.24, 2.45) is 0 Å². The highest BCUT2D eigenvalue weighted by atomic mass is 16.5. The zero-order valence-corrected chi connectivity index (χ0v) is 8.47. The van der Waals surface area contributed by atoms with Gasteiger partial charge in [0, 0.05) is 5.92 Å². The minimum Gasteiger partial charge on any atom is -0.481 e. The van der Waals surface area contributed by atoms with Crippen molar-refractivity contribution in [2.45, 2.75) is 13.0 Å². The number of hydrogen-bond acceptors (Lipinski definition) is 3.